The summed E-state index contributed by atoms with van der Waals surface area (Å²) in [6.45, 7) is 1.79. The second-order valence-electron chi connectivity index (χ2n) is 3.25. The molecule has 6 nitrogen and oxygen atoms in total. The van der Waals surface area contributed by atoms with Gasteiger partial charge in [-0.3, -0.25) is 4.68 Å². The van der Waals surface area contributed by atoms with Gasteiger partial charge in [0.05, 0.1) is 11.6 Å². The van der Waals surface area contributed by atoms with Crippen molar-refractivity contribution in [1.82, 2.24) is 19.7 Å². The molecule has 0 saturated heterocycles. The second-order valence-corrected chi connectivity index (χ2v) is 3.25. The zero-order valence-electron chi connectivity index (χ0n) is 8.88. The summed E-state index contributed by atoms with van der Waals surface area (Å²) in [5, 5.41) is 12.7. The van der Waals surface area contributed by atoms with Crippen LogP contribution in [0.2, 0.25) is 0 Å². The summed E-state index contributed by atoms with van der Waals surface area (Å²) in [5.74, 6) is 0.322. The van der Waals surface area contributed by atoms with Gasteiger partial charge in [-0.1, -0.05) is 0 Å². The highest BCUT2D eigenvalue weighted by atomic mass is 16.5. The molecule has 16 heavy (non-hydrogen) atoms. The van der Waals surface area contributed by atoms with E-state index < -0.39 is 0 Å². The molecule has 0 aliphatic rings. The molecule has 0 bridgehead atoms. The number of pyridine rings is 1. The van der Waals surface area contributed by atoms with Crippen LogP contribution in [0.5, 0.6) is 11.9 Å². The van der Waals surface area contributed by atoms with Crippen molar-refractivity contribution in [2.24, 2.45) is 7.05 Å². The molecule has 2 rings (SSSR count). The van der Waals surface area contributed by atoms with E-state index in [-0.39, 0.29) is 6.01 Å². The van der Waals surface area contributed by atoms with E-state index in [0.29, 0.717) is 17.1 Å². The van der Waals surface area contributed by atoms with E-state index in [9.17, 15) is 0 Å². The van der Waals surface area contributed by atoms with Crippen molar-refractivity contribution in [2.45, 2.75) is 6.92 Å². The summed E-state index contributed by atoms with van der Waals surface area (Å²) in [7, 11) is 1.74. The highest BCUT2D eigenvalue weighted by Crippen LogP contribution is 2.16. The molecule has 0 radical (unpaired) electrons. The van der Waals surface area contributed by atoms with Crippen molar-refractivity contribution < 1.29 is 4.74 Å². The van der Waals surface area contributed by atoms with E-state index in [1.165, 1.54) is 11.0 Å². The molecule has 0 unspecified atom stereocenters. The Morgan fingerprint density at radius 2 is 2.25 bits per heavy atom. The van der Waals surface area contributed by atoms with E-state index in [1.807, 2.05) is 6.07 Å². The lowest BCUT2D eigenvalue weighted by molar-refractivity contribution is 0.421. The maximum Gasteiger partial charge on any atom is 0.342 e. The number of aromatic nitrogens is 4. The number of hydrogen-bond donors (Lipinski definition) is 0. The molecule has 0 spiro atoms. The first-order valence-electron chi connectivity index (χ1n) is 4.59. The summed E-state index contributed by atoms with van der Waals surface area (Å²) in [4.78, 5) is 8.03. The summed E-state index contributed by atoms with van der Waals surface area (Å²) in [6.07, 6.45) is 1.52. The molecule has 0 fully saturated rings. The third kappa shape index (κ3) is 2.15. The van der Waals surface area contributed by atoms with Crippen molar-refractivity contribution in [3.63, 3.8) is 0 Å². The summed E-state index contributed by atoms with van der Waals surface area (Å²) < 4.78 is 6.84. The van der Waals surface area contributed by atoms with Gasteiger partial charge in [-0.25, -0.2) is 4.98 Å². The molecule has 0 amide bonds. The third-order valence-corrected chi connectivity index (χ3v) is 1.83. The topological polar surface area (TPSA) is 76.6 Å². The quantitative estimate of drug-likeness (QED) is 0.751. The van der Waals surface area contributed by atoms with Crippen LogP contribution in [-0.2, 0) is 7.05 Å². The zero-order chi connectivity index (χ0) is 11.5. The third-order valence-electron chi connectivity index (χ3n) is 1.83. The Bertz CT molecular complexity index is 555. The van der Waals surface area contributed by atoms with Gasteiger partial charge in [0, 0.05) is 18.8 Å². The highest BCUT2D eigenvalue weighted by molar-refractivity contribution is 5.34. The summed E-state index contributed by atoms with van der Waals surface area (Å²) in [5.41, 5.74) is 1.21. The van der Waals surface area contributed by atoms with Gasteiger partial charge in [-0.2, -0.15) is 10.2 Å². The highest BCUT2D eigenvalue weighted by Gasteiger charge is 2.05. The minimum atomic E-state index is 0.212. The molecule has 2 aromatic rings. The Hall–Kier alpha value is -2.42. The molecule has 6 heteroatoms. The van der Waals surface area contributed by atoms with Crippen molar-refractivity contribution in [2.75, 3.05) is 0 Å². The van der Waals surface area contributed by atoms with Gasteiger partial charge in [0.1, 0.15) is 6.33 Å². The van der Waals surface area contributed by atoms with Crippen LogP contribution in [0.1, 0.15) is 11.3 Å². The number of nitrogens with zero attached hydrogens (tertiary/aromatic N) is 5. The maximum absolute atomic E-state index is 8.79. The van der Waals surface area contributed by atoms with Crippen LogP contribution in [0.25, 0.3) is 0 Å². The number of rotatable bonds is 2. The molecule has 0 saturated carbocycles. The Labute approximate surface area is 92.1 Å². The van der Waals surface area contributed by atoms with Crippen molar-refractivity contribution in [3.8, 4) is 18.0 Å². The van der Waals surface area contributed by atoms with E-state index in [2.05, 4.69) is 15.1 Å². The Morgan fingerprint density at radius 3 is 2.88 bits per heavy atom. The van der Waals surface area contributed by atoms with Gasteiger partial charge in [0.15, 0.2) is 0 Å². The van der Waals surface area contributed by atoms with Crippen molar-refractivity contribution in [1.29, 1.82) is 5.26 Å². The van der Waals surface area contributed by atoms with Crippen LogP contribution in [0.4, 0.5) is 0 Å². The van der Waals surface area contributed by atoms with E-state index >= 15 is 0 Å². The number of hydrogen-bond acceptors (Lipinski definition) is 5. The fourth-order valence-electron chi connectivity index (χ4n) is 1.21. The van der Waals surface area contributed by atoms with Crippen LogP contribution in [0.3, 0.4) is 0 Å². The first-order chi connectivity index (χ1) is 7.67. The molecule has 2 heterocycles. The molecule has 0 atom stereocenters. The SMILES string of the molecule is Cc1cc(C#N)cc(Oc2ncn(C)n2)n1. The zero-order valence-corrected chi connectivity index (χ0v) is 8.88. The Balaban J connectivity index is 2.28. The molecule has 0 aromatic carbocycles. The van der Waals surface area contributed by atoms with Crippen molar-refractivity contribution >= 4 is 0 Å². The largest absolute Gasteiger partial charge is 0.404 e. The standard InChI is InChI=1S/C10H9N5O/c1-7-3-8(5-11)4-9(13-7)16-10-12-6-15(2)14-10/h3-4,6H,1-2H3. The van der Waals surface area contributed by atoms with Gasteiger partial charge >= 0.3 is 6.01 Å². The van der Waals surface area contributed by atoms with Crippen molar-refractivity contribution in [3.05, 3.63) is 29.7 Å². The monoisotopic (exact) mass is 215 g/mol. The first-order valence-corrected chi connectivity index (χ1v) is 4.59. The van der Waals surface area contributed by atoms with Crippen LogP contribution >= 0.6 is 0 Å². The lowest BCUT2D eigenvalue weighted by Crippen LogP contribution is -1.94. The number of ether oxygens (including phenoxy) is 1. The smallest absolute Gasteiger partial charge is 0.342 e. The predicted octanol–water partition coefficient (Wildman–Crippen LogP) is 1.18. The van der Waals surface area contributed by atoms with E-state index in [4.69, 9.17) is 10.00 Å². The van der Waals surface area contributed by atoms with Crippen LogP contribution in [-0.4, -0.2) is 19.7 Å². The minimum Gasteiger partial charge on any atom is -0.404 e. The van der Waals surface area contributed by atoms with E-state index in [0.717, 1.165) is 0 Å². The Kier molecular flexibility index (Phi) is 2.52. The Morgan fingerprint density at radius 1 is 1.44 bits per heavy atom. The molecule has 2 aromatic heterocycles. The van der Waals surface area contributed by atoms with Crippen LogP contribution in [0, 0.1) is 18.3 Å². The van der Waals surface area contributed by atoms with Gasteiger partial charge in [-0.05, 0) is 13.0 Å². The first kappa shape index (κ1) is 10.1. The predicted molar refractivity (Wildman–Crippen MR) is 54.8 cm³/mol. The van der Waals surface area contributed by atoms with Gasteiger partial charge < -0.3 is 4.74 Å². The number of nitriles is 1. The normalized spacial score (nSPS) is 9.81. The van der Waals surface area contributed by atoms with Gasteiger partial charge in [0.2, 0.25) is 5.88 Å². The van der Waals surface area contributed by atoms with Crippen LogP contribution < -0.4 is 4.74 Å². The average molecular weight is 215 g/mol. The summed E-state index contributed by atoms with van der Waals surface area (Å²) in [6, 6.07) is 5.47. The molecule has 0 N–H and O–H groups in total. The van der Waals surface area contributed by atoms with E-state index in [1.54, 1.807) is 26.1 Å². The fourth-order valence-corrected chi connectivity index (χ4v) is 1.21. The summed E-state index contributed by atoms with van der Waals surface area (Å²) >= 11 is 0. The molecule has 0 aliphatic heterocycles. The maximum atomic E-state index is 8.79. The minimum absolute atomic E-state index is 0.212. The average Bonchev–Trinajstić information content (AvgIpc) is 2.63. The molecule has 80 valence electrons. The van der Waals surface area contributed by atoms with Gasteiger partial charge in [-0.15, -0.1) is 5.10 Å². The van der Waals surface area contributed by atoms with Gasteiger partial charge in [0.25, 0.3) is 0 Å². The molecular formula is C10H9N5O. The second kappa shape index (κ2) is 3.98. The molecule has 0 aliphatic carbocycles. The lowest BCUT2D eigenvalue weighted by Gasteiger charge is -2.01. The fraction of sp³-hybridized carbons (Fsp3) is 0.200. The number of aryl methyl sites for hydroxylation is 2. The van der Waals surface area contributed by atoms with Crippen LogP contribution in [0.15, 0.2) is 18.5 Å². The lowest BCUT2D eigenvalue weighted by atomic mass is 10.2. The molecular weight excluding hydrogens is 206 g/mol.